The third kappa shape index (κ3) is 3.81. The molecule has 0 N–H and O–H groups in total. The van der Waals surface area contributed by atoms with Crippen LogP contribution in [0.1, 0.15) is 56.8 Å². The average Bonchev–Trinajstić information content (AvgIpc) is 3.07. The molecule has 0 heterocycles. The molecule has 0 amide bonds. The van der Waals surface area contributed by atoms with Gasteiger partial charge in [-0.1, -0.05) is 87.4 Å². The summed E-state index contributed by atoms with van der Waals surface area (Å²) in [6.07, 6.45) is 10.9. The van der Waals surface area contributed by atoms with Crippen LogP contribution in [0.25, 0.3) is 12.3 Å². The Balaban J connectivity index is 1.74. The van der Waals surface area contributed by atoms with E-state index >= 15 is 0 Å². The van der Waals surface area contributed by atoms with Gasteiger partial charge in [-0.15, -0.1) is 0 Å². The van der Waals surface area contributed by atoms with Gasteiger partial charge in [0.05, 0.1) is 0 Å². The predicted octanol–water partition coefficient (Wildman–Crippen LogP) is 5.54. The molecule has 4 rings (SSSR count). The van der Waals surface area contributed by atoms with E-state index < -0.39 is 0 Å². The second kappa shape index (κ2) is 8.39. The summed E-state index contributed by atoms with van der Waals surface area (Å²) in [4.78, 5) is 0. The Bertz CT molecular complexity index is 954. The maximum Gasteiger partial charge on any atom is 0.127 e. The first kappa shape index (κ1) is 19.1. The highest BCUT2D eigenvalue weighted by atomic mass is 16.5. The van der Waals surface area contributed by atoms with E-state index in [9.17, 15) is 0 Å². The van der Waals surface area contributed by atoms with E-state index in [0.29, 0.717) is 5.92 Å². The number of allylic oxidation sites excluding steroid dienone is 1. The molecule has 2 aliphatic carbocycles. The van der Waals surface area contributed by atoms with Crippen molar-refractivity contribution in [3.05, 3.63) is 82.2 Å². The fourth-order valence-electron chi connectivity index (χ4n) is 5.27. The fourth-order valence-corrected chi connectivity index (χ4v) is 5.27. The zero-order chi connectivity index (χ0) is 19.5. The van der Waals surface area contributed by atoms with Crippen LogP contribution < -0.4 is 10.4 Å². The van der Waals surface area contributed by atoms with Gasteiger partial charge in [-0.2, -0.15) is 0 Å². The minimum atomic E-state index is 0.136. The Morgan fingerprint density at radius 1 is 1.07 bits per heavy atom. The molecule has 2 aromatic carbocycles. The van der Waals surface area contributed by atoms with Crippen molar-refractivity contribution in [1.29, 1.82) is 0 Å². The average molecular weight is 373 g/mol. The highest BCUT2D eigenvalue weighted by Gasteiger charge is 2.40. The Kier molecular flexibility index (Phi) is 5.71. The lowest BCUT2D eigenvalue weighted by molar-refractivity contribution is 0.0615. The number of benzene rings is 2. The first-order valence-corrected chi connectivity index (χ1v) is 10.8. The molecule has 1 heteroatoms. The van der Waals surface area contributed by atoms with E-state index in [1.54, 1.807) is 0 Å². The molecule has 146 valence electrons. The molecule has 1 unspecified atom stereocenters. The van der Waals surface area contributed by atoms with Crippen molar-refractivity contribution in [1.82, 2.24) is 0 Å². The van der Waals surface area contributed by atoms with Gasteiger partial charge in [0.15, 0.2) is 0 Å². The molecule has 0 saturated heterocycles. The Morgan fingerprint density at radius 3 is 2.64 bits per heavy atom. The van der Waals surface area contributed by atoms with Crippen LogP contribution in [0.3, 0.4) is 0 Å². The Hall–Kier alpha value is -2.28. The monoisotopic (exact) mass is 372 g/mol. The largest absolute Gasteiger partial charge is 0.485 e. The summed E-state index contributed by atoms with van der Waals surface area (Å²) < 4.78 is 6.84. The van der Waals surface area contributed by atoms with Gasteiger partial charge in [0, 0.05) is 11.1 Å². The Labute approximate surface area is 169 Å². The SMILES string of the molecule is C=c1cccc/c1=C(/C=CC)O[C@@H]1c2ccccc2C[C@H]1C1CCC[C@@H](C)C1. The minimum absolute atomic E-state index is 0.136. The van der Waals surface area contributed by atoms with Gasteiger partial charge in [-0.25, -0.2) is 0 Å². The lowest BCUT2D eigenvalue weighted by Crippen LogP contribution is -2.29. The number of rotatable bonds is 4. The van der Waals surface area contributed by atoms with Crippen molar-refractivity contribution < 1.29 is 4.74 Å². The van der Waals surface area contributed by atoms with Crippen LogP contribution in [0.15, 0.2) is 60.7 Å². The normalized spacial score (nSPS) is 28.2. The maximum atomic E-state index is 6.84. The standard InChI is InChI=1S/C27H32O/c1-4-10-26(23-15-7-5-12-20(23)3)28-27-24-16-8-6-13-22(24)18-25(27)21-14-9-11-19(2)17-21/h4-8,10,12-13,15-16,19,21,25,27H,3,9,11,14,17-18H2,1-2H3/b10-4?,26-23+/t19-,21?,25+,27-/m1/s1. The van der Waals surface area contributed by atoms with Gasteiger partial charge >= 0.3 is 0 Å². The predicted molar refractivity (Wildman–Crippen MR) is 118 cm³/mol. The fraction of sp³-hybridized carbons (Fsp3) is 0.407. The van der Waals surface area contributed by atoms with Crippen molar-refractivity contribution >= 4 is 12.3 Å². The zero-order valence-electron chi connectivity index (χ0n) is 17.2. The minimum Gasteiger partial charge on any atom is -0.485 e. The van der Waals surface area contributed by atoms with E-state index in [1.807, 2.05) is 6.07 Å². The van der Waals surface area contributed by atoms with Crippen molar-refractivity contribution in [2.24, 2.45) is 17.8 Å². The molecule has 2 aromatic rings. The summed E-state index contributed by atoms with van der Waals surface area (Å²) in [6.45, 7) is 8.70. The molecule has 2 aliphatic rings. The van der Waals surface area contributed by atoms with Gasteiger partial charge in [0.2, 0.25) is 0 Å². The quantitative estimate of drug-likeness (QED) is 0.685. The summed E-state index contributed by atoms with van der Waals surface area (Å²) >= 11 is 0. The van der Waals surface area contributed by atoms with Crippen LogP contribution in [0, 0.1) is 17.8 Å². The van der Waals surface area contributed by atoms with Crippen LogP contribution in [0.4, 0.5) is 0 Å². The molecule has 0 aliphatic heterocycles. The first-order valence-electron chi connectivity index (χ1n) is 10.8. The smallest absolute Gasteiger partial charge is 0.127 e. The molecular formula is C27H32O. The van der Waals surface area contributed by atoms with Crippen LogP contribution >= 0.6 is 0 Å². The summed E-state index contributed by atoms with van der Waals surface area (Å²) in [5.41, 5.74) is 2.85. The number of hydrogen-bond donors (Lipinski definition) is 0. The van der Waals surface area contributed by atoms with Crippen LogP contribution in [-0.2, 0) is 11.2 Å². The van der Waals surface area contributed by atoms with Gasteiger partial charge in [-0.3, -0.25) is 0 Å². The molecule has 0 spiro atoms. The summed E-state index contributed by atoms with van der Waals surface area (Å²) in [6, 6.07) is 17.2. The zero-order valence-corrected chi connectivity index (χ0v) is 17.2. The summed E-state index contributed by atoms with van der Waals surface area (Å²) in [7, 11) is 0. The van der Waals surface area contributed by atoms with E-state index in [4.69, 9.17) is 4.74 Å². The van der Waals surface area contributed by atoms with E-state index in [0.717, 1.165) is 34.5 Å². The maximum absolute atomic E-state index is 6.84. The number of ether oxygens (including phenoxy) is 1. The summed E-state index contributed by atoms with van der Waals surface area (Å²) in [5, 5.41) is 2.12. The lowest BCUT2D eigenvalue weighted by Gasteiger charge is -2.34. The van der Waals surface area contributed by atoms with Crippen molar-refractivity contribution in [2.75, 3.05) is 0 Å². The molecule has 1 nitrogen and oxygen atoms in total. The third-order valence-electron chi connectivity index (χ3n) is 6.64. The van der Waals surface area contributed by atoms with E-state index in [2.05, 4.69) is 75.0 Å². The van der Waals surface area contributed by atoms with Crippen LogP contribution in [0.5, 0.6) is 0 Å². The van der Waals surface area contributed by atoms with E-state index in [-0.39, 0.29) is 6.10 Å². The molecule has 0 aromatic heterocycles. The highest BCUT2D eigenvalue weighted by Crippen LogP contribution is 2.48. The molecule has 1 saturated carbocycles. The lowest BCUT2D eigenvalue weighted by atomic mass is 9.74. The third-order valence-corrected chi connectivity index (χ3v) is 6.64. The molecule has 1 fully saturated rings. The topological polar surface area (TPSA) is 9.23 Å². The molecule has 0 radical (unpaired) electrons. The van der Waals surface area contributed by atoms with Crippen molar-refractivity contribution in [3.8, 4) is 0 Å². The van der Waals surface area contributed by atoms with E-state index in [1.165, 1.54) is 36.8 Å². The van der Waals surface area contributed by atoms with Gasteiger partial charge in [0.25, 0.3) is 0 Å². The van der Waals surface area contributed by atoms with Gasteiger partial charge < -0.3 is 4.74 Å². The molecular weight excluding hydrogens is 340 g/mol. The van der Waals surface area contributed by atoms with Gasteiger partial charge in [-0.05, 0) is 54.0 Å². The number of hydrogen-bond acceptors (Lipinski definition) is 1. The van der Waals surface area contributed by atoms with Crippen molar-refractivity contribution in [2.45, 2.75) is 52.1 Å². The molecule has 4 atom stereocenters. The Morgan fingerprint density at radius 2 is 1.86 bits per heavy atom. The van der Waals surface area contributed by atoms with Gasteiger partial charge in [0.1, 0.15) is 11.9 Å². The second-order valence-electron chi connectivity index (χ2n) is 8.66. The second-order valence-corrected chi connectivity index (χ2v) is 8.66. The highest BCUT2D eigenvalue weighted by molar-refractivity contribution is 5.51. The van der Waals surface area contributed by atoms with Crippen molar-refractivity contribution in [3.63, 3.8) is 0 Å². The first-order chi connectivity index (χ1) is 13.7. The molecule has 0 bridgehead atoms. The van der Waals surface area contributed by atoms with Crippen LogP contribution in [0.2, 0.25) is 0 Å². The van der Waals surface area contributed by atoms with Crippen LogP contribution in [-0.4, -0.2) is 0 Å². The number of fused-ring (bicyclic) bond motifs is 1. The molecule has 28 heavy (non-hydrogen) atoms. The summed E-state index contributed by atoms with van der Waals surface area (Å²) in [5.74, 6) is 3.10.